The highest BCUT2D eigenvalue weighted by Crippen LogP contribution is 2.31. The van der Waals surface area contributed by atoms with E-state index in [0.717, 1.165) is 0 Å². The summed E-state index contributed by atoms with van der Waals surface area (Å²) in [5.41, 5.74) is 1.40. The van der Waals surface area contributed by atoms with Gasteiger partial charge in [0.05, 0.1) is 19.0 Å². The van der Waals surface area contributed by atoms with E-state index in [1.54, 1.807) is 28.8 Å². The second-order valence-electron chi connectivity index (χ2n) is 5.98. The molecule has 4 rings (SSSR count). The number of nitrogens with one attached hydrogen (secondary N) is 1. The number of amides is 1. The van der Waals surface area contributed by atoms with E-state index in [1.807, 2.05) is 6.07 Å². The van der Waals surface area contributed by atoms with Crippen molar-refractivity contribution in [2.45, 2.75) is 24.9 Å². The molecule has 9 nitrogen and oxygen atoms in total. The lowest BCUT2D eigenvalue weighted by Gasteiger charge is -2.13. The van der Waals surface area contributed by atoms with E-state index in [0.29, 0.717) is 29.0 Å². The molecule has 0 unspecified atom stereocenters. The highest BCUT2D eigenvalue weighted by atomic mass is 16.5. The summed E-state index contributed by atoms with van der Waals surface area (Å²) in [7, 11) is 0. The van der Waals surface area contributed by atoms with Crippen LogP contribution in [0.2, 0.25) is 0 Å². The van der Waals surface area contributed by atoms with E-state index in [1.165, 1.54) is 12.7 Å². The summed E-state index contributed by atoms with van der Waals surface area (Å²) in [6.07, 6.45) is 1.26. The molecule has 1 aliphatic rings. The fourth-order valence-electron chi connectivity index (χ4n) is 2.97. The summed E-state index contributed by atoms with van der Waals surface area (Å²) in [6.45, 7) is -0.266. The Kier molecular flexibility index (Phi) is 4.33. The zero-order chi connectivity index (χ0) is 18.1. The lowest BCUT2D eigenvalue weighted by Crippen LogP contribution is -2.24. The van der Waals surface area contributed by atoms with Gasteiger partial charge in [0.2, 0.25) is 0 Å². The molecule has 0 radical (unpaired) electrons. The van der Waals surface area contributed by atoms with E-state index >= 15 is 0 Å². The smallest absolute Gasteiger partial charge is 0.256 e. The lowest BCUT2D eigenvalue weighted by molar-refractivity contribution is -0.0432. The topological polar surface area (TPSA) is 122 Å². The standard InChI is InChI=1S/C17H17N5O4/c23-7-12-11(24)6-13(26-12)22-9-20-14-15(18-8-19-16(14)22)21-17(25)10-4-2-1-3-5-10/h1-5,8-9,11-13,23-24H,6-7H2,(H,18,19,21,25)/t11-,12-,13+/m0/s1. The molecule has 1 aliphatic heterocycles. The minimum Gasteiger partial charge on any atom is -0.394 e. The molecule has 3 heterocycles. The van der Waals surface area contributed by atoms with Crippen LogP contribution in [0.4, 0.5) is 5.82 Å². The van der Waals surface area contributed by atoms with Crippen LogP contribution < -0.4 is 5.32 Å². The maximum Gasteiger partial charge on any atom is 0.256 e. The Bertz CT molecular complexity index is 929. The first-order valence-corrected chi connectivity index (χ1v) is 8.15. The van der Waals surface area contributed by atoms with Crippen LogP contribution in [0, 0.1) is 0 Å². The molecule has 1 saturated heterocycles. The van der Waals surface area contributed by atoms with Gasteiger partial charge in [-0.15, -0.1) is 0 Å². The molecule has 1 fully saturated rings. The molecule has 3 atom stereocenters. The Labute approximate surface area is 148 Å². The maximum atomic E-state index is 12.4. The molecule has 1 amide bonds. The van der Waals surface area contributed by atoms with Crippen molar-refractivity contribution < 1.29 is 19.7 Å². The van der Waals surface area contributed by atoms with Crippen LogP contribution in [0.15, 0.2) is 43.0 Å². The number of nitrogens with zero attached hydrogens (tertiary/aromatic N) is 4. The molecule has 3 aromatic rings. The van der Waals surface area contributed by atoms with Gasteiger partial charge < -0.3 is 20.3 Å². The Morgan fingerprint density at radius 1 is 1.27 bits per heavy atom. The fourth-order valence-corrected chi connectivity index (χ4v) is 2.97. The Morgan fingerprint density at radius 2 is 2.08 bits per heavy atom. The summed E-state index contributed by atoms with van der Waals surface area (Å²) < 4.78 is 7.30. The van der Waals surface area contributed by atoms with E-state index in [-0.39, 0.29) is 12.5 Å². The third-order valence-electron chi connectivity index (χ3n) is 4.32. The van der Waals surface area contributed by atoms with E-state index in [4.69, 9.17) is 4.74 Å². The number of carbonyl (C=O) groups is 1. The van der Waals surface area contributed by atoms with Crippen LogP contribution in [-0.4, -0.2) is 54.5 Å². The van der Waals surface area contributed by atoms with Crippen LogP contribution >= 0.6 is 0 Å². The number of hydrogen-bond acceptors (Lipinski definition) is 7. The van der Waals surface area contributed by atoms with Gasteiger partial charge in [-0.1, -0.05) is 18.2 Å². The lowest BCUT2D eigenvalue weighted by atomic mass is 10.2. The van der Waals surface area contributed by atoms with Crippen molar-refractivity contribution in [3.05, 3.63) is 48.5 Å². The summed E-state index contributed by atoms with van der Waals surface area (Å²) >= 11 is 0. The minimum atomic E-state index is -0.762. The van der Waals surface area contributed by atoms with E-state index in [2.05, 4.69) is 20.3 Å². The second-order valence-corrected chi connectivity index (χ2v) is 5.98. The summed E-state index contributed by atoms with van der Waals surface area (Å²) in [5.74, 6) is -0.00658. The monoisotopic (exact) mass is 355 g/mol. The Hall–Kier alpha value is -2.88. The van der Waals surface area contributed by atoms with Crippen molar-refractivity contribution in [1.29, 1.82) is 0 Å². The molecule has 9 heteroatoms. The maximum absolute atomic E-state index is 12.4. The third-order valence-corrected chi connectivity index (χ3v) is 4.32. The van der Waals surface area contributed by atoms with Crippen molar-refractivity contribution in [2.75, 3.05) is 11.9 Å². The van der Waals surface area contributed by atoms with E-state index in [9.17, 15) is 15.0 Å². The number of aliphatic hydroxyl groups is 2. The van der Waals surface area contributed by atoms with Gasteiger partial charge in [-0.05, 0) is 12.1 Å². The number of imidazole rings is 1. The number of carbonyl (C=O) groups excluding carboxylic acids is 1. The molecule has 134 valence electrons. The number of anilines is 1. The minimum absolute atomic E-state index is 0.266. The summed E-state index contributed by atoms with van der Waals surface area (Å²) in [6, 6.07) is 8.79. The van der Waals surface area contributed by atoms with Gasteiger partial charge in [0.25, 0.3) is 5.91 Å². The normalized spacial score (nSPS) is 22.6. The molecule has 0 bridgehead atoms. The van der Waals surface area contributed by atoms with Crippen LogP contribution in [0.3, 0.4) is 0 Å². The molecule has 0 saturated carbocycles. The van der Waals surface area contributed by atoms with E-state index < -0.39 is 18.4 Å². The number of ether oxygens (including phenoxy) is 1. The number of benzene rings is 1. The van der Waals surface area contributed by atoms with Crippen molar-refractivity contribution in [1.82, 2.24) is 19.5 Å². The van der Waals surface area contributed by atoms with Gasteiger partial charge in [0.15, 0.2) is 17.0 Å². The van der Waals surface area contributed by atoms with Crippen molar-refractivity contribution in [3.8, 4) is 0 Å². The van der Waals surface area contributed by atoms with Crippen LogP contribution in [-0.2, 0) is 4.74 Å². The average Bonchev–Trinajstić information content (AvgIpc) is 3.26. The van der Waals surface area contributed by atoms with Gasteiger partial charge in [-0.2, -0.15) is 0 Å². The predicted molar refractivity (Wildman–Crippen MR) is 91.3 cm³/mol. The summed E-state index contributed by atoms with van der Waals surface area (Å²) in [5, 5.41) is 21.9. The first-order chi connectivity index (χ1) is 12.7. The molecule has 3 N–H and O–H groups in total. The molecular formula is C17H17N5O4. The van der Waals surface area contributed by atoms with Crippen LogP contribution in [0.1, 0.15) is 23.0 Å². The highest BCUT2D eigenvalue weighted by molar-refractivity contribution is 6.06. The number of rotatable bonds is 4. The van der Waals surface area contributed by atoms with Gasteiger partial charge in [-0.25, -0.2) is 15.0 Å². The molecule has 1 aromatic carbocycles. The van der Waals surface area contributed by atoms with Crippen molar-refractivity contribution in [2.24, 2.45) is 0 Å². The molecule has 0 spiro atoms. The average molecular weight is 355 g/mol. The van der Waals surface area contributed by atoms with Gasteiger partial charge in [-0.3, -0.25) is 9.36 Å². The zero-order valence-corrected chi connectivity index (χ0v) is 13.7. The number of aromatic nitrogens is 4. The number of hydrogen-bond donors (Lipinski definition) is 3. The first kappa shape index (κ1) is 16.6. The van der Waals surface area contributed by atoms with Crippen LogP contribution in [0.5, 0.6) is 0 Å². The van der Waals surface area contributed by atoms with Crippen LogP contribution in [0.25, 0.3) is 11.2 Å². The van der Waals surface area contributed by atoms with Gasteiger partial charge >= 0.3 is 0 Å². The zero-order valence-electron chi connectivity index (χ0n) is 13.7. The summed E-state index contributed by atoms with van der Waals surface area (Å²) in [4.78, 5) is 25.0. The first-order valence-electron chi connectivity index (χ1n) is 8.15. The molecule has 2 aromatic heterocycles. The second kappa shape index (κ2) is 6.79. The Balaban J connectivity index is 1.63. The SMILES string of the molecule is O=C(Nc1ncnc2c1ncn2[C@H]1C[C@H](O)[C@H](CO)O1)c1ccccc1. The van der Waals surface area contributed by atoms with Gasteiger partial charge in [0, 0.05) is 12.0 Å². The van der Waals surface area contributed by atoms with Crippen molar-refractivity contribution >= 4 is 22.9 Å². The molecule has 26 heavy (non-hydrogen) atoms. The number of aliphatic hydroxyl groups excluding tert-OH is 2. The van der Waals surface area contributed by atoms with Gasteiger partial charge in [0.1, 0.15) is 18.7 Å². The highest BCUT2D eigenvalue weighted by Gasteiger charge is 2.35. The molecule has 0 aliphatic carbocycles. The Morgan fingerprint density at radius 3 is 2.81 bits per heavy atom. The quantitative estimate of drug-likeness (QED) is 0.630. The third kappa shape index (κ3) is 2.92. The largest absolute Gasteiger partial charge is 0.394 e. The predicted octanol–water partition coefficient (Wildman–Crippen LogP) is 0.719. The van der Waals surface area contributed by atoms with Crippen molar-refractivity contribution in [3.63, 3.8) is 0 Å². The molecular weight excluding hydrogens is 338 g/mol. The number of fused-ring (bicyclic) bond motifs is 1. The fraction of sp³-hybridized carbons (Fsp3) is 0.294.